The van der Waals surface area contributed by atoms with Gasteiger partial charge in [-0.15, -0.1) is 0 Å². The number of hydrogen-bond acceptors (Lipinski definition) is 8. The highest BCUT2D eigenvalue weighted by molar-refractivity contribution is 5.73. The lowest BCUT2D eigenvalue weighted by Gasteiger charge is -2.40. The Labute approximate surface area is 166 Å². The van der Waals surface area contributed by atoms with Crippen molar-refractivity contribution in [1.82, 2.24) is 5.32 Å². The van der Waals surface area contributed by atoms with E-state index in [9.17, 15) is 30.3 Å². The Balaban J connectivity index is 2.52. The monoisotopic (exact) mass is 407 g/mol. The van der Waals surface area contributed by atoms with Crippen LogP contribution in [0.1, 0.15) is 58.8 Å². The largest absolute Gasteiger partial charge is 0.394 e. The molecule has 0 spiro atoms. The van der Waals surface area contributed by atoms with E-state index in [0.717, 1.165) is 19.3 Å². The van der Waals surface area contributed by atoms with Crippen LogP contribution in [0.15, 0.2) is 0 Å². The summed E-state index contributed by atoms with van der Waals surface area (Å²) in [6, 6.07) is -0.708. The molecule has 166 valence electrons. The molecule has 1 aliphatic rings. The van der Waals surface area contributed by atoms with Crippen LogP contribution in [0, 0.1) is 0 Å². The number of carbonyl (C=O) groups excluding carboxylic acids is 1. The number of hydrogen-bond donors (Lipinski definition) is 6. The summed E-state index contributed by atoms with van der Waals surface area (Å²) < 4.78 is 10.7. The van der Waals surface area contributed by atoms with Crippen molar-refractivity contribution in [2.24, 2.45) is 0 Å². The lowest BCUT2D eigenvalue weighted by molar-refractivity contribution is -0.302. The van der Waals surface area contributed by atoms with Crippen LogP contribution in [-0.2, 0) is 14.3 Å². The first-order valence-corrected chi connectivity index (χ1v) is 10.2. The lowest BCUT2D eigenvalue weighted by Crippen LogP contribution is -2.60. The highest BCUT2D eigenvalue weighted by Crippen LogP contribution is 2.22. The minimum atomic E-state index is -1.54. The molecule has 0 aromatic rings. The van der Waals surface area contributed by atoms with Gasteiger partial charge in [-0.1, -0.05) is 45.4 Å². The van der Waals surface area contributed by atoms with Crippen LogP contribution < -0.4 is 5.32 Å². The number of rotatable bonds is 13. The Morgan fingerprint density at radius 1 is 1.07 bits per heavy atom. The summed E-state index contributed by atoms with van der Waals surface area (Å²) in [6.45, 7) is 2.77. The average Bonchev–Trinajstić information content (AvgIpc) is 2.66. The van der Waals surface area contributed by atoms with Crippen LogP contribution >= 0.6 is 0 Å². The number of aliphatic hydroxyl groups is 5. The SMILES string of the molecule is CCCCCCCCC(O)C(COC1OC(CO)C(O)C(O)C1O)NC(C)=O. The number of ether oxygens (including phenoxy) is 2. The van der Waals surface area contributed by atoms with E-state index in [2.05, 4.69) is 12.2 Å². The Kier molecular flexibility index (Phi) is 12.1. The summed E-state index contributed by atoms with van der Waals surface area (Å²) in [5.41, 5.74) is 0. The van der Waals surface area contributed by atoms with E-state index in [1.165, 1.54) is 26.2 Å². The fourth-order valence-corrected chi connectivity index (χ4v) is 3.25. The Bertz CT molecular complexity index is 436. The quantitative estimate of drug-likeness (QED) is 0.222. The molecule has 1 saturated heterocycles. The molecule has 0 bridgehead atoms. The normalized spacial score (nSPS) is 30.0. The molecule has 28 heavy (non-hydrogen) atoms. The fraction of sp³-hybridized carbons (Fsp3) is 0.947. The molecule has 1 fully saturated rings. The molecule has 0 aliphatic carbocycles. The Morgan fingerprint density at radius 3 is 2.32 bits per heavy atom. The number of unbranched alkanes of at least 4 members (excludes halogenated alkanes) is 5. The number of nitrogens with one attached hydrogen (secondary N) is 1. The summed E-state index contributed by atoms with van der Waals surface area (Å²) in [7, 11) is 0. The predicted octanol–water partition coefficient (Wildman–Crippen LogP) is -0.581. The molecule has 9 heteroatoms. The van der Waals surface area contributed by atoms with Crippen molar-refractivity contribution in [3.63, 3.8) is 0 Å². The topological polar surface area (TPSA) is 149 Å². The molecular weight excluding hydrogens is 370 g/mol. The van der Waals surface area contributed by atoms with Crippen molar-refractivity contribution in [2.75, 3.05) is 13.2 Å². The Hall–Kier alpha value is -0.810. The van der Waals surface area contributed by atoms with Gasteiger partial charge in [0.25, 0.3) is 0 Å². The van der Waals surface area contributed by atoms with Gasteiger partial charge in [0.2, 0.25) is 5.91 Å². The molecule has 1 rings (SSSR count). The van der Waals surface area contributed by atoms with Gasteiger partial charge in [0.1, 0.15) is 24.4 Å². The molecule has 9 nitrogen and oxygen atoms in total. The van der Waals surface area contributed by atoms with Gasteiger partial charge in [-0.05, 0) is 6.42 Å². The van der Waals surface area contributed by atoms with Crippen LogP contribution in [-0.4, -0.2) is 87.5 Å². The summed E-state index contributed by atoms with van der Waals surface area (Å²) in [6.07, 6.45) is -0.781. The van der Waals surface area contributed by atoms with Gasteiger partial charge in [0.15, 0.2) is 6.29 Å². The van der Waals surface area contributed by atoms with Gasteiger partial charge in [0, 0.05) is 6.92 Å². The van der Waals surface area contributed by atoms with Crippen LogP contribution in [0.25, 0.3) is 0 Å². The third-order valence-corrected chi connectivity index (χ3v) is 5.00. The number of aliphatic hydroxyl groups excluding tert-OH is 5. The van der Waals surface area contributed by atoms with Crippen molar-refractivity contribution in [3.8, 4) is 0 Å². The van der Waals surface area contributed by atoms with E-state index in [1.807, 2.05) is 0 Å². The van der Waals surface area contributed by atoms with E-state index in [1.54, 1.807) is 0 Å². The van der Waals surface area contributed by atoms with Crippen LogP contribution in [0.3, 0.4) is 0 Å². The van der Waals surface area contributed by atoms with Crippen LogP contribution in [0.2, 0.25) is 0 Å². The van der Waals surface area contributed by atoms with E-state index in [4.69, 9.17) is 9.47 Å². The highest BCUT2D eigenvalue weighted by Gasteiger charge is 2.44. The zero-order valence-corrected chi connectivity index (χ0v) is 16.9. The van der Waals surface area contributed by atoms with Gasteiger partial charge in [-0.25, -0.2) is 0 Å². The second kappa shape index (κ2) is 13.4. The molecule has 1 amide bonds. The summed E-state index contributed by atoms with van der Waals surface area (Å²) in [5.74, 6) is -0.329. The molecular formula is C19H37NO8. The predicted molar refractivity (Wildman–Crippen MR) is 101 cm³/mol. The van der Waals surface area contributed by atoms with Gasteiger partial charge < -0.3 is 40.3 Å². The van der Waals surface area contributed by atoms with Crippen molar-refractivity contribution >= 4 is 5.91 Å². The first-order valence-electron chi connectivity index (χ1n) is 10.2. The molecule has 1 heterocycles. The van der Waals surface area contributed by atoms with Gasteiger partial charge >= 0.3 is 0 Å². The maximum absolute atomic E-state index is 11.5. The molecule has 0 radical (unpaired) electrons. The van der Waals surface area contributed by atoms with E-state index < -0.39 is 49.5 Å². The summed E-state index contributed by atoms with van der Waals surface area (Å²) in [4.78, 5) is 11.5. The minimum absolute atomic E-state index is 0.154. The van der Waals surface area contributed by atoms with Gasteiger partial charge in [-0.2, -0.15) is 0 Å². The lowest BCUT2D eigenvalue weighted by atomic mass is 9.99. The minimum Gasteiger partial charge on any atom is -0.394 e. The molecule has 1 aliphatic heterocycles. The van der Waals surface area contributed by atoms with E-state index >= 15 is 0 Å². The standard InChI is InChI=1S/C19H37NO8/c1-3-4-5-6-7-8-9-14(23)13(20-12(2)22)11-27-19-18(26)17(25)16(24)15(10-21)28-19/h13-19,21,23-26H,3-11H2,1-2H3,(H,20,22). The molecule has 7 atom stereocenters. The second-order valence-electron chi connectivity index (χ2n) is 7.46. The smallest absolute Gasteiger partial charge is 0.217 e. The molecule has 0 aromatic heterocycles. The third-order valence-electron chi connectivity index (χ3n) is 5.00. The molecule has 6 N–H and O–H groups in total. The first-order chi connectivity index (χ1) is 13.3. The van der Waals surface area contributed by atoms with Crippen molar-refractivity contribution in [3.05, 3.63) is 0 Å². The number of amides is 1. The fourth-order valence-electron chi connectivity index (χ4n) is 3.25. The zero-order chi connectivity index (χ0) is 21.1. The Morgan fingerprint density at radius 2 is 1.71 bits per heavy atom. The van der Waals surface area contributed by atoms with E-state index in [-0.39, 0.29) is 12.5 Å². The van der Waals surface area contributed by atoms with E-state index in [0.29, 0.717) is 6.42 Å². The maximum Gasteiger partial charge on any atom is 0.217 e. The highest BCUT2D eigenvalue weighted by atomic mass is 16.7. The van der Waals surface area contributed by atoms with Gasteiger partial charge in [-0.3, -0.25) is 4.79 Å². The summed E-state index contributed by atoms with van der Waals surface area (Å²) in [5, 5.41) is 51.9. The van der Waals surface area contributed by atoms with Gasteiger partial charge in [0.05, 0.1) is 25.4 Å². The molecule has 0 aromatic carbocycles. The van der Waals surface area contributed by atoms with Crippen molar-refractivity contribution < 1.29 is 39.8 Å². The summed E-state index contributed by atoms with van der Waals surface area (Å²) >= 11 is 0. The molecule has 7 unspecified atom stereocenters. The second-order valence-corrected chi connectivity index (χ2v) is 7.46. The van der Waals surface area contributed by atoms with Crippen molar-refractivity contribution in [2.45, 2.75) is 102 Å². The van der Waals surface area contributed by atoms with Crippen LogP contribution in [0.4, 0.5) is 0 Å². The first kappa shape index (κ1) is 25.2. The molecule has 0 saturated carbocycles. The van der Waals surface area contributed by atoms with Crippen molar-refractivity contribution in [1.29, 1.82) is 0 Å². The maximum atomic E-state index is 11.5. The third kappa shape index (κ3) is 8.28. The van der Waals surface area contributed by atoms with Crippen LogP contribution in [0.5, 0.6) is 0 Å². The zero-order valence-electron chi connectivity index (χ0n) is 16.9. The number of carbonyl (C=O) groups is 1. The average molecular weight is 408 g/mol.